The van der Waals surface area contributed by atoms with Crippen molar-refractivity contribution in [1.82, 2.24) is 5.32 Å². The molecule has 12 atom stereocenters. The maximum absolute atomic E-state index is 13.4. The number of hydrogen-bond acceptors (Lipinski definition) is 13. The quantitative estimate of drug-likeness (QED) is 0.0204. The van der Waals surface area contributed by atoms with Gasteiger partial charge in [0.25, 0.3) is 0 Å². The topological polar surface area (TPSA) is 228 Å². The third-order valence-electron chi connectivity index (χ3n) is 17.8. The van der Waals surface area contributed by atoms with Crippen molar-refractivity contribution in [3.8, 4) is 0 Å². The van der Waals surface area contributed by atoms with Crippen molar-refractivity contribution in [3.05, 3.63) is 146 Å². The van der Waals surface area contributed by atoms with Gasteiger partial charge in [-0.2, -0.15) is 0 Å². The van der Waals surface area contributed by atoms with E-state index in [-0.39, 0.29) is 18.9 Å². The minimum Gasteiger partial charge on any atom is -0.394 e. The third-order valence-corrected chi connectivity index (χ3v) is 17.8. The number of carbonyl (C=O) groups excluding carboxylic acids is 1. The highest BCUT2D eigenvalue weighted by atomic mass is 16.7. The first kappa shape index (κ1) is 89.0. The normalized spacial score (nSPS) is 23.0. The molecule has 14 heteroatoms. The molecule has 0 radical (unpaired) electrons. The van der Waals surface area contributed by atoms with Gasteiger partial charge in [-0.1, -0.05) is 314 Å². The number of unbranched alkanes of at least 4 members (excludes halogenated alkanes) is 27. The number of hydrogen-bond donors (Lipinski definition) is 9. The number of ether oxygens (including phenoxy) is 4. The lowest BCUT2D eigenvalue weighted by molar-refractivity contribution is -0.359. The van der Waals surface area contributed by atoms with Crippen LogP contribution in [0.2, 0.25) is 0 Å². The molecule has 9 N–H and O–H groups in total. The first-order valence-electron chi connectivity index (χ1n) is 38.6. The summed E-state index contributed by atoms with van der Waals surface area (Å²) in [4.78, 5) is 13.4. The lowest BCUT2D eigenvalue weighted by Gasteiger charge is -2.46. The third kappa shape index (κ3) is 48.4. The van der Waals surface area contributed by atoms with Crippen LogP contribution in [0.5, 0.6) is 0 Å². The van der Waals surface area contributed by atoms with Crippen LogP contribution in [0.15, 0.2) is 146 Å². The zero-order chi connectivity index (χ0) is 70.1. The second-order valence-corrected chi connectivity index (χ2v) is 26.4. The zero-order valence-electron chi connectivity index (χ0n) is 60.5. The lowest BCUT2D eigenvalue weighted by Crippen LogP contribution is -2.65. The van der Waals surface area contributed by atoms with E-state index in [0.717, 1.165) is 122 Å². The minimum atomic E-state index is -1.80. The van der Waals surface area contributed by atoms with E-state index in [1.807, 2.05) is 6.08 Å². The molecule has 2 saturated heterocycles. The Kier molecular flexibility index (Phi) is 59.8. The van der Waals surface area contributed by atoms with Crippen molar-refractivity contribution in [2.75, 3.05) is 19.8 Å². The molecule has 2 aliphatic heterocycles. The summed E-state index contributed by atoms with van der Waals surface area (Å²) < 4.78 is 22.9. The highest BCUT2D eigenvalue weighted by Gasteiger charge is 2.51. The van der Waals surface area contributed by atoms with Crippen molar-refractivity contribution in [3.63, 3.8) is 0 Å². The molecule has 0 aromatic heterocycles. The van der Waals surface area contributed by atoms with E-state index in [4.69, 9.17) is 18.9 Å². The maximum atomic E-state index is 13.4. The van der Waals surface area contributed by atoms with Crippen molar-refractivity contribution in [2.24, 2.45) is 0 Å². The van der Waals surface area contributed by atoms with E-state index in [0.29, 0.717) is 6.42 Å². The summed E-state index contributed by atoms with van der Waals surface area (Å²) >= 11 is 0. The van der Waals surface area contributed by atoms with Gasteiger partial charge in [-0.05, 0) is 103 Å². The summed E-state index contributed by atoms with van der Waals surface area (Å²) in [7, 11) is 0. The fourth-order valence-electron chi connectivity index (χ4n) is 11.7. The molecule has 2 heterocycles. The summed E-state index contributed by atoms with van der Waals surface area (Å²) in [5.41, 5.74) is 0. The minimum absolute atomic E-state index is 0.250. The fourth-order valence-corrected chi connectivity index (χ4v) is 11.7. The monoisotopic (exact) mass is 1360 g/mol. The maximum Gasteiger partial charge on any atom is 0.220 e. The van der Waals surface area contributed by atoms with Gasteiger partial charge in [-0.15, -0.1) is 0 Å². The van der Waals surface area contributed by atoms with Crippen molar-refractivity contribution in [1.29, 1.82) is 0 Å². The van der Waals surface area contributed by atoms with Crippen LogP contribution < -0.4 is 5.32 Å². The van der Waals surface area contributed by atoms with Gasteiger partial charge in [0.05, 0.1) is 32.0 Å². The largest absolute Gasteiger partial charge is 0.394 e. The van der Waals surface area contributed by atoms with Crippen LogP contribution in [0, 0.1) is 0 Å². The van der Waals surface area contributed by atoms with Crippen LogP contribution in [0.4, 0.5) is 0 Å². The Balaban J connectivity index is 1.66. The van der Waals surface area contributed by atoms with Crippen LogP contribution in [-0.2, 0) is 23.7 Å². The van der Waals surface area contributed by atoms with E-state index >= 15 is 0 Å². The summed E-state index contributed by atoms with van der Waals surface area (Å²) in [5.74, 6) is -0.261. The van der Waals surface area contributed by atoms with Gasteiger partial charge >= 0.3 is 0 Å². The van der Waals surface area contributed by atoms with Gasteiger partial charge in [0.2, 0.25) is 5.91 Å². The molecule has 0 spiro atoms. The molecule has 1 amide bonds. The molecular formula is C83H139NO13. The van der Waals surface area contributed by atoms with Crippen molar-refractivity contribution in [2.45, 2.75) is 351 Å². The SMILES string of the molecule is CC/C=C\C/C=C\C/C=C\C/C=C\C/C=C\C/C=C\C/C=C\C/C=C\C/C=C\C/C=C\C/C=C\CCCCCCCC(=O)NC(COC1OC(CO)C(OC2OC(CO)C(O)C(O)C2O)C(O)C1O)C(O)/C=C/CCCCCCCCCCCCCCCCCCCCCCCC. The highest BCUT2D eigenvalue weighted by molar-refractivity contribution is 5.76. The van der Waals surface area contributed by atoms with Gasteiger partial charge in [0.1, 0.15) is 48.8 Å². The van der Waals surface area contributed by atoms with Gasteiger partial charge in [0.15, 0.2) is 12.6 Å². The van der Waals surface area contributed by atoms with Crippen molar-refractivity contribution >= 4 is 5.91 Å². The Labute approximate surface area is 589 Å². The van der Waals surface area contributed by atoms with E-state index in [1.165, 1.54) is 128 Å². The molecule has 554 valence electrons. The second-order valence-electron chi connectivity index (χ2n) is 26.4. The van der Waals surface area contributed by atoms with Gasteiger partial charge in [0, 0.05) is 6.42 Å². The molecular weight excluding hydrogens is 1220 g/mol. The number of carbonyl (C=O) groups is 1. The van der Waals surface area contributed by atoms with E-state index < -0.39 is 86.8 Å². The van der Waals surface area contributed by atoms with E-state index in [2.05, 4.69) is 153 Å². The molecule has 0 aliphatic carbocycles. The number of allylic oxidation sites excluding steroid dienone is 23. The Hall–Kier alpha value is -4.13. The Morgan fingerprint density at radius 1 is 0.381 bits per heavy atom. The van der Waals surface area contributed by atoms with E-state index in [1.54, 1.807) is 6.08 Å². The second kappa shape index (κ2) is 65.2. The fraction of sp³-hybridized carbons (Fsp3) is 0.699. The predicted octanol–water partition coefficient (Wildman–Crippen LogP) is 17.2. The van der Waals surface area contributed by atoms with Gasteiger partial charge in [-0.3, -0.25) is 4.79 Å². The number of amides is 1. The Morgan fingerprint density at radius 3 is 1.09 bits per heavy atom. The average Bonchev–Trinajstić information content (AvgIpc) is 0.794. The van der Waals surface area contributed by atoms with Gasteiger partial charge < -0.3 is 65.1 Å². The first-order valence-corrected chi connectivity index (χ1v) is 38.6. The smallest absolute Gasteiger partial charge is 0.220 e. The zero-order valence-corrected chi connectivity index (χ0v) is 60.5. The summed E-state index contributed by atoms with van der Waals surface area (Å²) in [6, 6.07) is -0.938. The molecule has 2 rings (SSSR count). The molecule has 97 heavy (non-hydrogen) atoms. The predicted molar refractivity (Wildman–Crippen MR) is 401 cm³/mol. The first-order chi connectivity index (χ1) is 47.6. The van der Waals surface area contributed by atoms with Crippen LogP contribution in [0.25, 0.3) is 0 Å². The van der Waals surface area contributed by atoms with Gasteiger partial charge in [-0.25, -0.2) is 0 Å². The molecule has 2 fully saturated rings. The molecule has 0 aromatic rings. The number of aliphatic hydroxyl groups excluding tert-OH is 8. The number of rotatable bonds is 62. The molecule has 2 aliphatic rings. The Bertz CT molecular complexity index is 2190. The summed E-state index contributed by atoms with van der Waals surface area (Å²) in [6.45, 7) is 2.69. The molecule has 14 nitrogen and oxygen atoms in total. The lowest BCUT2D eigenvalue weighted by atomic mass is 9.97. The Morgan fingerprint density at radius 2 is 0.711 bits per heavy atom. The highest BCUT2D eigenvalue weighted by Crippen LogP contribution is 2.30. The van der Waals surface area contributed by atoms with Crippen molar-refractivity contribution < 1.29 is 64.6 Å². The van der Waals surface area contributed by atoms with Crippen LogP contribution in [-0.4, -0.2) is 140 Å². The molecule has 12 unspecified atom stereocenters. The van der Waals surface area contributed by atoms with E-state index in [9.17, 15) is 45.6 Å². The van der Waals surface area contributed by atoms with Crippen LogP contribution >= 0.6 is 0 Å². The standard InChI is InChI=1S/C83H139NO13/c1-3-5-7-9-11-13-15-17-19-21-23-25-27-29-30-31-32-33-34-35-36-37-38-39-40-41-42-43-45-47-49-51-53-55-57-59-61-63-65-67-75(88)84-71(70-94-82-80(93)78(91)81(74(69-86)96-82)97-83-79(92)77(90)76(89)73(68-85)95-83)72(87)66-64-62-60-58-56-54-52-50-48-46-44-28-26-24-22-20-18-16-14-12-10-8-6-4-2/h5,7,11,13,17,19,23,25,29-30,32-33,35-36,38-39,41-42,45,47,51,53,64,66,71-74,76-83,85-87,89-93H,3-4,6,8-10,12,14-16,18,20-22,24,26-28,31,34,37,40,43-44,46,48-50,52,54-63,65,67-70H2,1-2H3,(H,84,88)/b7-5-,13-11-,19-17-,25-23-,30-29-,33-32-,36-35-,39-38-,42-41-,47-45-,53-51-,66-64+. The molecule has 0 saturated carbocycles. The summed E-state index contributed by atoms with van der Waals surface area (Å²) in [5, 5.41) is 87.6. The molecule has 0 bridgehead atoms. The average molecular weight is 1360 g/mol. The van der Waals surface area contributed by atoms with Crippen LogP contribution in [0.3, 0.4) is 0 Å². The van der Waals surface area contributed by atoms with Crippen LogP contribution in [0.1, 0.15) is 277 Å². The molecule has 0 aromatic carbocycles. The number of aliphatic hydroxyl groups is 8. The number of nitrogens with one attached hydrogen (secondary N) is 1. The summed E-state index contributed by atoms with van der Waals surface area (Å²) in [6.07, 6.45) is 81.9.